The second kappa shape index (κ2) is 4.78. The number of aromatic nitrogens is 1. The van der Waals surface area contributed by atoms with E-state index in [0.29, 0.717) is 11.6 Å². The third kappa shape index (κ3) is 2.68. The summed E-state index contributed by atoms with van der Waals surface area (Å²) in [6.45, 7) is 2.05. The maximum Gasteiger partial charge on any atom is 0.309 e. The van der Waals surface area contributed by atoms with Crippen LogP contribution in [0.25, 0.3) is 10.4 Å². The molecule has 2 aromatic rings. The Balaban J connectivity index is 2.01. The molecular weight excluding hydrogens is 258 g/mol. The molecule has 0 unspecified atom stereocenters. The number of thiazole rings is 1. The first-order valence-electron chi connectivity index (χ1n) is 6.42. The second-order valence-electron chi connectivity index (χ2n) is 5.04. The summed E-state index contributed by atoms with van der Waals surface area (Å²) in [5, 5.41) is 10.1. The van der Waals surface area contributed by atoms with Crippen molar-refractivity contribution in [3.8, 4) is 10.4 Å². The minimum atomic E-state index is -0.819. The Labute approximate surface area is 115 Å². The van der Waals surface area contributed by atoms with Gasteiger partial charge < -0.3 is 5.11 Å². The summed E-state index contributed by atoms with van der Waals surface area (Å²) in [6.07, 6.45) is 2.38. The Morgan fingerprint density at radius 1 is 1.37 bits per heavy atom. The highest BCUT2D eigenvalue weighted by molar-refractivity contribution is 7.15. The fourth-order valence-electron chi connectivity index (χ4n) is 2.07. The van der Waals surface area contributed by atoms with Gasteiger partial charge in [-0.1, -0.05) is 29.8 Å². The molecule has 0 amide bonds. The van der Waals surface area contributed by atoms with E-state index < -0.39 is 5.97 Å². The number of carboxylic acid groups (broad SMARTS) is 1. The van der Waals surface area contributed by atoms with E-state index in [-0.39, 0.29) is 6.42 Å². The monoisotopic (exact) mass is 273 g/mol. The van der Waals surface area contributed by atoms with Crippen molar-refractivity contribution in [2.24, 2.45) is 0 Å². The van der Waals surface area contributed by atoms with E-state index >= 15 is 0 Å². The number of benzene rings is 1. The van der Waals surface area contributed by atoms with Crippen LogP contribution in [0.4, 0.5) is 0 Å². The van der Waals surface area contributed by atoms with Crippen molar-refractivity contribution in [1.29, 1.82) is 0 Å². The first-order chi connectivity index (χ1) is 9.13. The van der Waals surface area contributed by atoms with Crippen molar-refractivity contribution in [3.05, 3.63) is 40.5 Å². The lowest BCUT2D eigenvalue weighted by atomic mass is 10.1. The predicted octanol–water partition coefficient (Wildman–Crippen LogP) is 3.62. The molecule has 1 N–H and O–H groups in total. The van der Waals surface area contributed by atoms with E-state index in [0.717, 1.165) is 15.4 Å². The van der Waals surface area contributed by atoms with Crippen LogP contribution in [0.1, 0.15) is 35.0 Å². The molecule has 1 aromatic heterocycles. The van der Waals surface area contributed by atoms with Crippen molar-refractivity contribution in [1.82, 2.24) is 4.98 Å². The van der Waals surface area contributed by atoms with Gasteiger partial charge in [-0.2, -0.15) is 0 Å². The third-order valence-electron chi connectivity index (χ3n) is 3.27. The van der Waals surface area contributed by atoms with Crippen LogP contribution in [-0.2, 0) is 11.2 Å². The van der Waals surface area contributed by atoms with Gasteiger partial charge in [0, 0.05) is 5.92 Å². The molecule has 1 aromatic carbocycles. The number of hydrogen-bond donors (Lipinski definition) is 1. The first-order valence-corrected chi connectivity index (χ1v) is 7.23. The van der Waals surface area contributed by atoms with Gasteiger partial charge in [-0.3, -0.25) is 4.79 Å². The lowest BCUT2D eigenvalue weighted by Crippen LogP contribution is -2.01. The van der Waals surface area contributed by atoms with Crippen LogP contribution in [0, 0.1) is 6.92 Å². The molecule has 98 valence electrons. The minimum absolute atomic E-state index is 0.00638. The molecule has 3 rings (SSSR count). The molecule has 19 heavy (non-hydrogen) atoms. The topological polar surface area (TPSA) is 50.2 Å². The molecule has 0 aliphatic heterocycles. The normalized spacial score (nSPS) is 14.6. The van der Waals surface area contributed by atoms with Gasteiger partial charge in [-0.15, -0.1) is 11.3 Å². The summed E-state index contributed by atoms with van der Waals surface area (Å²) in [7, 11) is 0. The Bertz CT molecular complexity index is 612. The number of nitrogens with zero attached hydrogens (tertiary/aromatic N) is 1. The Morgan fingerprint density at radius 3 is 2.63 bits per heavy atom. The van der Waals surface area contributed by atoms with Gasteiger partial charge in [0.05, 0.1) is 22.0 Å². The van der Waals surface area contributed by atoms with Gasteiger partial charge in [0.2, 0.25) is 0 Å². The van der Waals surface area contributed by atoms with Gasteiger partial charge in [0.25, 0.3) is 0 Å². The SMILES string of the molecule is Cc1ccc(-c2sc(C3CC3)nc2CC(=O)O)cc1. The van der Waals surface area contributed by atoms with E-state index in [1.165, 1.54) is 18.4 Å². The van der Waals surface area contributed by atoms with Crippen LogP contribution in [-0.4, -0.2) is 16.1 Å². The van der Waals surface area contributed by atoms with Crippen molar-refractivity contribution in [3.63, 3.8) is 0 Å². The number of rotatable bonds is 4. The Morgan fingerprint density at radius 2 is 2.05 bits per heavy atom. The first kappa shape index (κ1) is 12.4. The molecule has 0 bridgehead atoms. The molecule has 0 saturated heterocycles. The van der Waals surface area contributed by atoms with Gasteiger partial charge in [-0.05, 0) is 25.3 Å². The average Bonchev–Trinajstić information content (AvgIpc) is 3.13. The van der Waals surface area contributed by atoms with Crippen LogP contribution in [0.3, 0.4) is 0 Å². The summed E-state index contributed by atoms with van der Waals surface area (Å²) >= 11 is 1.66. The largest absolute Gasteiger partial charge is 0.481 e. The predicted molar refractivity (Wildman–Crippen MR) is 75.6 cm³/mol. The van der Waals surface area contributed by atoms with Gasteiger partial charge in [-0.25, -0.2) is 4.98 Å². The molecule has 1 heterocycles. The number of carbonyl (C=O) groups is 1. The second-order valence-corrected chi connectivity index (χ2v) is 6.07. The summed E-state index contributed by atoms with van der Waals surface area (Å²) in [4.78, 5) is 16.5. The van der Waals surface area contributed by atoms with Crippen molar-refractivity contribution in [2.75, 3.05) is 0 Å². The summed E-state index contributed by atoms with van der Waals surface area (Å²) in [6, 6.07) is 8.20. The summed E-state index contributed by atoms with van der Waals surface area (Å²) in [5.41, 5.74) is 2.99. The molecule has 0 atom stereocenters. The van der Waals surface area contributed by atoms with Crippen molar-refractivity contribution in [2.45, 2.75) is 32.1 Å². The third-order valence-corrected chi connectivity index (χ3v) is 4.58. The van der Waals surface area contributed by atoms with E-state index in [1.54, 1.807) is 11.3 Å². The van der Waals surface area contributed by atoms with Gasteiger partial charge in [0.15, 0.2) is 0 Å². The Hall–Kier alpha value is -1.68. The highest BCUT2D eigenvalue weighted by Crippen LogP contribution is 2.44. The number of carboxylic acids is 1. The molecule has 4 heteroatoms. The molecule has 3 nitrogen and oxygen atoms in total. The minimum Gasteiger partial charge on any atom is -0.481 e. The maximum atomic E-state index is 11.0. The average molecular weight is 273 g/mol. The van der Waals surface area contributed by atoms with Crippen LogP contribution >= 0.6 is 11.3 Å². The van der Waals surface area contributed by atoms with Crippen molar-refractivity contribution >= 4 is 17.3 Å². The zero-order valence-electron chi connectivity index (χ0n) is 10.7. The fourth-order valence-corrected chi connectivity index (χ4v) is 3.33. The van der Waals surface area contributed by atoms with Crippen LogP contribution in [0.15, 0.2) is 24.3 Å². The molecule has 0 radical (unpaired) electrons. The van der Waals surface area contributed by atoms with E-state index in [2.05, 4.69) is 17.1 Å². The number of aliphatic carboxylic acids is 1. The Kier molecular flexibility index (Phi) is 3.11. The maximum absolute atomic E-state index is 11.0. The molecule has 1 saturated carbocycles. The summed E-state index contributed by atoms with van der Waals surface area (Å²) in [5.74, 6) is -0.252. The number of aryl methyl sites for hydroxylation is 1. The van der Waals surface area contributed by atoms with E-state index in [9.17, 15) is 4.79 Å². The standard InChI is InChI=1S/C15H15NO2S/c1-9-2-4-10(5-3-9)14-12(8-13(17)18)16-15(19-14)11-6-7-11/h2-5,11H,6-8H2,1H3,(H,17,18). The lowest BCUT2D eigenvalue weighted by Gasteiger charge is -2.01. The quantitative estimate of drug-likeness (QED) is 0.925. The highest BCUT2D eigenvalue weighted by Gasteiger charge is 2.29. The zero-order chi connectivity index (χ0) is 13.4. The van der Waals surface area contributed by atoms with E-state index in [4.69, 9.17) is 5.11 Å². The van der Waals surface area contributed by atoms with Crippen LogP contribution in [0.5, 0.6) is 0 Å². The summed E-state index contributed by atoms with van der Waals surface area (Å²) < 4.78 is 0. The molecule has 1 aliphatic rings. The molecule has 1 aliphatic carbocycles. The van der Waals surface area contributed by atoms with Crippen LogP contribution < -0.4 is 0 Å². The number of hydrogen-bond acceptors (Lipinski definition) is 3. The molecule has 1 fully saturated rings. The molecular formula is C15H15NO2S. The highest BCUT2D eigenvalue weighted by atomic mass is 32.1. The van der Waals surface area contributed by atoms with Crippen molar-refractivity contribution < 1.29 is 9.90 Å². The zero-order valence-corrected chi connectivity index (χ0v) is 11.5. The van der Waals surface area contributed by atoms with Crippen LogP contribution in [0.2, 0.25) is 0 Å². The molecule has 0 spiro atoms. The lowest BCUT2D eigenvalue weighted by molar-refractivity contribution is -0.136. The smallest absolute Gasteiger partial charge is 0.309 e. The van der Waals surface area contributed by atoms with Gasteiger partial charge in [0.1, 0.15) is 0 Å². The fraction of sp³-hybridized carbons (Fsp3) is 0.333. The van der Waals surface area contributed by atoms with Gasteiger partial charge >= 0.3 is 5.97 Å². The van der Waals surface area contributed by atoms with E-state index in [1.807, 2.05) is 19.1 Å².